The van der Waals surface area contributed by atoms with E-state index < -0.39 is 0 Å². The van der Waals surface area contributed by atoms with Crippen LogP contribution in [0.4, 0.5) is 0 Å². The Kier molecular flexibility index (Phi) is 4.42. The van der Waals surface area contributed by atoms with Crippen molar-refractivity contribution in [2.45, 2.75) is 40.0 Å². The second-order valence-electron chi connectivity index (χ2n) is 4.91. The number of hydrogen-bond donors (Lipinski definition) is 3. The minimum Gasteiger partial charge on any atom is -0.506 e. The van der Waals surface area contributed by atoms with Crippen LogP contribution >= 0.6 is 0 Å². The molecule has 0 saturated heterocycles. The van der Waals surface area contributed by atoms with Gasteiger partial charge in [-0.2, -0.15) is 0 Å². The van der Waals surface area contributed by atoms with Crippen molar-refractivity contribution in [2.75, 3.05) is 0 Å². The molecular formula is C15H20N2O3. The first kappa shape index (κ1) is 14.6. The lowest BCUT2D eigenvalue weighted by atomic mass is 10.1. The summed E-state index contributed by atoms with van der Waals surface area (Å²) in [5.74, 6) is 1.84. The lowest BCUT2D eigenvalue weighted by molar-refractivity contribution is 0.278. The van der Waals surface area contributed by atoms with Crippen LogP contribution in [0.15, 0.2) is 22.7 Å². The average Bonchev–Trinajstić information content (AvgIpc) is 2.86. The van der Waals surface area contributed by atoms with Crippen molar-refractivity contribution >= 4 is 0 Å². The van der Waals surface area contributed by atoms with E-state index in [9.17, 15) is 10.2 Å². The summed E-state index contributed by atoms with van der Waals surface area (Å²) in [6.07, 6.45) is 1.59. The Morgan fingerprint density at radius 1 is 1.35 bits per heavy atom. The molecule has 20 heavy (non-hydrogen) atoms. The van der Waals surface area contributed by atoms with Crippen molar-refractivity contribution in [1.29, 1.82) is 0 Å². The largest absolute Gasteiger partial charge is 0.506 e. The minimum atomic E-state index is -0.147. The standard InChI is InChI=1S/C15H20N2O3/c1-9-4-5-14(20-9)10(2)17-7-13-12(8-18)6-16-11(3)15(13)19/h4-6,10,17-19H,7-8H2,1-3H3. The lowest BCUT2D eigenvalue weighted by Crippen LogP contribution is -2.19. The highest BCUT2D eigenvalue weighted by Gasteiger charge is 2.14. The third-order valence-corrected chi connectivity index (χ3v) is 3.37. The number of aliphatic hydroxyl groups is 1. The van der Waals surface area contributed by atoms with E-state index >= 15 is 0 Å². The van der Waals surface area contributed by atoms with Crippen molar-refractivity contribution in [2.24, 2.45) is 0 Å². The Morgan fingerprint density at radius 3 is 2.70 bits per heavy atom. The zero-order chi connectivity index (χ0) is 14.7. The molecule has 0 spiro atoms. The third-order valence-electron chi connectivity index (χ3n) is 3.37. The fourth-order valence-electron chi connectivity index (χ4n) is 2.06. The minimum absolute atomic E-state index is 0.0168. The summed E-state index contributed by atoms with van der Waals surface area (Å²) in [6.45, 7) is 5.91. The molecule has 0 saturated carbocycles. The maximum atomic E-state index is 10.1. The van der Waals surface area contributed by atoms with Gasteiger partial charge >= 0.3 is 0 Å². The van der Waals surface area contributed by atoms with E-state index in [1.165, 1.54) is 0 Å². The van der Waals surface area contributed by atoms with Gasteiger partial charge in [-0.05, 0) is 32.9 Å². The number of aromatic nitrogens is 1. The van der Waals surface area contributed by atoms with Crippen molar-refractivity contribution in [3.05, 3.63) is 46.7 Å². The molecule has 5 heteroatoms. The summed E-state index contributed by atoms with van der Waals surface area (Å²) in [4.78, 5) is 4.04. The monoisotopic (exact) mass is 276 g/mol. The zero-order valence-corrected chi connectivity index (χ0v) is 12.0. The number of nitrogens with one attached hydrogen (secondary N) is 1. The second-order valence-corrected chi connectivity index (χ2v) is 4.91. The Labute approximate surface area is 118 Å². The molecule has 0 aliphatic rings. The predicted octanol–water partition coefficient (Wildman–Crippen LogP) is 2.34. The molecule has 2 aromatic heterocycles. The molecule has 108 valence electrons. The van der Waals surface area contributed by atoms with Gasteiger partial charge in [0.25, 0.3) is 0 Å². The van der Waals surface area contributed by atoms with Crippen LogP contribution in [0.1, 0.15) is 41.3 Å². The van der Waals surface area contributed by atoms with Crippen LogP contribution in [-0.2, 0) is 13.2 Å². The lowest BCUT2D eigenvalue weighted by Gasteiger charge is -2.15. The predicted molar refractivity (Wildman–Crippen MR) is 75.3 cm³/mol. The first-order chi connectivity index (χ1) is 9.52. The average molecular weight is 276 g/mol. The Balaban J connectivity index is 2.12. The first-order valence-corrected chi connectivity index (χ1v) is 6.59. The molecule has 1 atom stereocenters. The molecule has 5 nitrogen and oxygen atoms in total. The number of pyridine rings is 1. The van der Waals surface area contributed by atoms with Gasteiger partial charge in [-0.15, -0.1) is 0 Å². The van der Waals surface area contributed by atoms with Crippen molar-refractivity contribution in [3.63, 3.8) is 0 Å². The highest BCUT2D eigenvalue weighted by Crippen LogP contribution is 2.25. The van der Waals surface area contributed by atoms with Gasteiger partial charge in [0.15, 0.2) is 0 Å². The number of nitrogens with zero attached hydrogens (tertiary/aromatic N) is 1. The van der Waals surface area contributed by atoms with Crippen LogP contribution in [0.2, 0.25) is 0 Å². The molecule has 0 fully saturated rings. The van der Waals surface area contributed by atoms with Crippen LogP contribution in [0.25, 0.3) is 0 Å². The molecule has 0 amide bonds. The summed E-state index contributed by atoms with van der Waals surface area (Å²) in [5, 5.41) is 22.7. The van der Waals surface area contributed by atoms with Crippen LogP contribution in [-0.4, -0.2) is 15.2 Å². The van der Waals surface area contributed by atoms with Gasteiger partial charge in [0.2, 0.25) is 0 Å². The molecule has 0 aliphatic heterocycles. The molecule has 3 N–H and O–H groups in total. The number of hydrogen-bond acceptors (Lipinski definition) is 5. The maximum Gasteiger partial charge on any atom is 0.141 e. The molecule has 0 aromatic carbocycles. The number of aryl methyl sites for hydroxylation is 2. The zero-order valence-electron chi connectivity index (χ0n) is 12.0. The van der Waals surface area contributed by atoms with Crippen molar-refractivity contribution in [3.8, 4) is 5.75 Å². The van der Waals surface area contributed by atoms with Gasteiger partial charge < -0.3 is 19.9 Å². The Hall–Kier alpha value is -1.85. The molecule has 0 aliphatic carbocycles. The second kappa shape index (κ2) is 6.07. The molecule has 0 bridgehead atoms. The number of rotatable bonds is 5. The highest BCUT2D eigenvalue weighted by atomic mass is 16.3. The molecule has 1 unspecified atom stereocenters. The van der Waals surface area contributed by atoms with Gasteiger partial charge in [-0.25, -0.2) is 0 Å². The molecule has 2 heterocycles. The quantitative estimate of drug-likeness (QED) is 0.781. The van der Waals surface area contributed by atoms with E-state index in [-0.39, 0.29) is 18.4 Å². The fourth-order valence-corrected chi connectivity index (χ4v) is 2.06. The Bertz CT molecular complexity index is 593. The van der Waals surface area contributed by atoms with Gasteiger partial charge in [0, 0.05) is 23.9 Å². The summed E-state index contributed by atoms with van der Waals surface area (Å²) < 4.78 is 5.56. The van der Waals surface area contributed by atoms with Gasteiger partial charge in [0.1, 0.15) is 17.3 Å². The van der Waals surface area contributed by atoms with Gasteiger partial charge in [-0.1, -0.05) is 0 Å². The van der Waals surface area contributed by atoms with Crippen LogP contribution < -0.4 is 5.32 Å². The SMILES string of the molecule is Cc1ccc(C(C)NCc2c(CO)cnc(C)c2O)o1. The summed E-state index contributed by atoms with van der Waals surface area (Å²) >= 11 is 0. The fraction of sp³-hybridized carbons (Fsp3) is 0.400. The smallest absolute Gasteiger partial charge is 0.141 e. The van der Waals surface area contributed by atoms with E-state index in [1.807, 2.05) is 26.0 Å². The third kappa shape index (κ3) is 3.00. The topological polar surface area (TPSA) is 78.5 Å². The summed E-state index contributed by atoms with van der Waals surface area (Å²) in [6, 6.07) is 3.86. The van der Waals surface area contributed by atoms with Crippen LogP contribution in [0.5, 0.6) is 5.75 Å². The molecule has 2 rings (SSSR count). The highest BCUT2D eigenvalue weighted by molar-refractivity contribution is 5.40. The Morgan fingerprint density at radius 2 is 2.10 bits per heavy atom. The van der Waals surface area contributed by atoms with Crippen LogP contribution in [0.3, 0.4) is 0 Å². The number of aromatic hydroxyl groups is 1. The van der Waals surface area contributed by atoms with Crippen LogP contribution in [0, 0.1) is 13.8 Å². The summed E-state index contributed by atoms with van der Waals surface area (Å²) in [5.41, 5.74) is 1.86. The van der Waals surface area contributed by atoms with E-state index in [0.717, 1.165) is 11.5 Å². The van der Waals surface area contributed by atoms with E-state index in [2.05, 4.69) is 10.3 Å². The van der Waals surface area contributed by atoms with E-state index in [0.29, 0.717) is 23.4 Å². The normalized spacial score (nSPS) is 12.6. The van der Waals surface area contributed by atoms with Crippen molar-refractivity contribution < 1.29 is 14.6 Å². The van der Waals surface area contributed by atoms with Crippen molar-refractivity contribution in [1.82, 2.24) is 10.3 Å². The maximum absolute atomic E-state index is 10.1. The first-order valence-electron chi connectivity index (χ1n) is 6.59. The van der Waals surface area contributed by atoms with E-state index in [4.69, 9.17) is 4.42 Å². The number of aliphatic hydroxyl groups excluding tert-OH is 1. The summed E-state index contributed by atoms with van der Waals surface area (Å²) in [7, 11) is 0. The van der Waals surface area contributed by atoms with Gasteiger partial charge in [0.05, 0.1) is 18.3 Å². The molecule has 0 radical (unpaired) electrons. The van der Waals surface area contributed by atoms with E-state index in [1.54, 1.807) is 13.1 Å². The molecule has 2 aromatic rings. The van der Waals surface area contributed by atoms with Gasteiger partial charge in [-0.3, -0.25) is 4.98 Å². The number of furan rings is 1. The molecular weight excluding hydrogens is 256 g/mol.